The van der Waals surface area contributed by atoms with Gasteiger partial charge in [-0.15, -0.1) is 0 Å². The van der Waals surface area contributed by atoms with Gasteiger partial charge in [-0.25, -0.2) is 0 Å². The Morgan fingerprint density at radius 3 is 1.33 bits per heavy atom. The van der Waals surface area contributed by atoms with E-state index in [4.69, 9.17) is 0 Å². The predicted molar refractivity (Wildman–Crippen MR) is 103 cm³/mol. The maximum Gasteiger partial charge on any atom is 0.0392 e. The number of nitrogens with zero attached hydrogens (tertiary/aromatic N) is 2. The Bertz CT molecular complexity index is 610. The molecule has 0 bridgehead atoms. The molecule has 2 aromatic rings. The molecule has 0 aromatic heterocycles. The summed E-state index contributed by atoms with van der Waals surface area (Å²) >= 11 is 0. The molecule has 4 rings (SSSR count). The van der Waals surface area contributed by atoms with Crippen LogP contribution >= 0.6 is 0 Å². The minimum absolute atomic E-state index is 1.04. The molecule has 0 spiro atoms. The van der Waals surface area contributed by atoms with E-state index in [0.29, 0.717) is 0 Å². The Morgan fingerprint density at radius 2 is 1.00 bits per heavy atom. The molecule has 2 heterocycles. The summed E-state index contributed by atoms with van der Waals surface area (Å²) in [4.78, 5) is 8.90. The highest BCUT2D eigenvalue weighted by atomic mass is 14.8. The molecular weight excluding hydrogens is 292 g/mol. The van der Waals surface area contributed by atoms with E-state index in [9.17, 15) is 0 Å². The lowest BCUT2D eigenvalue weighted by Gasteiger charge is -1.99. The van der Waals surface area contributed by atoms with Crippen molar-refractivity contribution < 1.29 is 0 Å². The molecule has 2 heteroatoms. The SMILES string of the molecule is c1ccc(CC2=NCCC2)cc1.c1ccc(CC2=NCCC2)cc1. The third kappa shape index (κ3) is 5.45. The summed E-state index contributed by atoms with van der Waals surface area (Å²) in [6.07, 6.45) is 7.02. The van der Waals surface area contributed by atoms with Crippen LogP contribution in [-0.2, 0) is 12.8 Å². The second-order valence-electron chi connectivity index (χ2n) is 6.43. The lowest BCUT2D eigenvalue weighted by atomic mass is 10.1. The maximum atomic E-state index is 4.45. The zero-order chi connectivity index (χ0) is 16.5. The summed E-state index contributed by atoms with van der Waals surface area (Å²) < 4.78 is 0. The lowest BCUT2D eigenvalue weighted by molar-refractivity contribution is 0.949. The van der Waals surface area contributed by atoms with Gasteiger partial charge in [0, 0.05) is 37.4 Å². The van der Waals surface area contributed by atoms with E-state index >= 15 is 0 Å². The molecule has 2 nitrogen and oxygen atoms in total. The van der Waals surface area contributed by atoms with Crippen LogP contribution in [0.1, 0.15) is 36.8 Å². The van der Waals surface area contributed by atoms with Crippen molar-refractivity contribution in [2.75, 3.05) is 13.1 Å². The van der Waals surface area contributed by atoms with E-state index in [2.05, 4.69) is 70.6 Å². The Labute approximate surface area is 145 Å². The van der Waals surface area contributed by atoms with Crippen LogP contribution in [0.3, 0.4) is 0 Å². The molecule has 0 unspecified atom stereocenters. The van der Waals surface area contributed by atoms with Gasteiger partial charge >= 0.3 is 0 Å². The quantitative estimate of drug-likeness (QED) is 0.764. The third-order valence-electron chi connectivity index (χ3n) is 4.42. The molecule has 0 amide bonds. The summed E-state index contributed by atoms with van der Waals surface area (Å²) in [5.74, 6) is 0. The maximum absolute atomic E-state index is 4.45. The number of aliphatic imine (C=N–C) groups is 2. The van der Waals surface area contributed by atoms with Gasteiger partial charge in [-0.3, -0.25) is 9.98 Å². The summed E-state index contributed by atoms with van der Waals surface area (Å²) in [7, 11) is 0. The van der Waals surface area contributed by atoms with Crippen molar-refractivity contribution in [3.63, 3.8) is 0 Å². The Hall–Kier alpha value is -2.22. The number of hydrogen-bond acceptors (Lipinski definition) is 2. The molecule has 124 valence electrons. The fourth-order valence-electron chi connectivity index (χ4n) is 3.15. The van der Waals surface area contributed by atoms with E-state index in [-0.39, 0.29) is 0 Å². The minimum Gasteiger partial charge on any atom is -0.294 e. The Kier molecular flexibility index (Phi) is 6.35. The molecule has 0 aliphatic carbocycles. The van der Waals surface area contributed by atoms with Gasteiger partial charge in [-0.2, -0.15) is 0 Å². The van der Waals surface area contributed by atoms with Crippen molar-refractivity contribution in [3.8, 4) is 0 Å². The third-order valence-corrected chi connectivity index (χ3v) is 4.42. The van der Waals surface area contributed by atoms with Gasteiger partial charge in [-0.05, 0) is 36.8 Å². The molecule has 2 aromatic carbocycles. The van der Waals surface area contributed by atoms with Crippen LogP contribution in [0.25, 0.3) is 0 Å². The van der Waals surface area contributed by atoms with Crippen LogP contribution in [0.5, 0.6) is 0 Å². The first-order valence-electron chi connectivity index (χ1n) is 9.02. The molecule has 0 N–H and O–H groups in total. The van der Waals surface area contributed by atoms with Gasteiger partial charge < -0.3 is 0 Å². The van der Waals surface area contributed by atoms with Crippen molar-refractivity contribution in [1.82, 2.24) is 0 Å². The van der Waals surface area contributed by atoms with Crippen LogP contribution in [0.4, 0.5) is 0 Å². The first kappa shape index (κ1) is 16.6. The predicted octanol–water partition coefficient (Wildman–Crippen LogP) is 4.93. The molecule has 2 aliphatic heterocycles. The Balaban J connectivity index is 0.000000141. The molecular formula is C22H26N2. The van der Waals surface area contributed by atoms with Crippen LogP contribution in [0.15, 0.2) is 70.6 Å². The fraction of sp³-hybridized carbons (Fsp3) is 0.364. The van der Waals surface area contributed by atoms with Crippen molar-refractivity contribution in [2.45, 2.75) is 38.5 Å². The fourth-order valence-corrected chi connectivity index (χ4v) is 3.15. The van der Waals surface area contributed by atoms with E-state index in [1.807, 2.05) is 0 Å². The van der Waals surface area contributed by atoms with Gasteiger partial charge in [0.2, 0.25) is 0 Å². The van der Waals surface area contributed by atoms with Gasteiger partial charge in [0.1, 0.15) is 0 Å². The lowest BCUT2D eigenvalue weighted by Crippen LogP contribution is -1.97. The molecule has 24 heavy (non-hydrogen) atoms. The zero-order valence-electron chi connectivity index (χ0n) is 14.3. The molecule has 0 atom stereocenters. The highest BCUT2D eigenvalue weighted by Crippen LogP contribution is 2.10. The normalized spacial score (nSPS) is 16.2. The summed E-state index contributed by atoms with van der Waals surface area (Å²) in [5, 5.41) is 0. The summed E-state index contributed by atoms with van der Waals surface area (Å²) in [6.45, 7) is 2.09. The van der Waals surface area contributed by atoms with Crippen molar-refractivity contribution in [1.29, 1.82) is 0 Å². The zero-order valence-corrected chi connectivity index (χ0v) is 14.3. The van der Waals surface area contributed by atoms with Gasteiger partial charge in [0.05, 0.1) is 0 Å². The number of benzene rings is 2. The van der Waals surface area contributed by atoms with E-state index in [1.54, 1.807) is 0 Å². The van der Waals surface area contributed by atoms with E-state index in [1.165, 1.54) is 48.2 Å². The minimum atomic E-state index is 1.04. The van der Waals surface area contributed by atoms with Crippen molar-refractivity contribution in [2.24, 2.45) is 9.98 Å². The number of rotatable bonds is 4. The van der Waals surface area contributed by atoms with Crippen LogP contribution in [-0.4, -0.2) is 24.5 Å². The highest BCUT2D eigenvalue weighted by molar-refractivity contribution is 5.88. The highest BCUT2D eigenvalue weighted by Gasteiger charge is 2.06. The molecule has 0 fully saturated rings. The van der Waals surface area contributed by atoms with Crippen LogP contribution < -0.4 is 0 Å². The average Bonchev–Trinajstić information content (AvgIpc) is 3.32. The van der Waals surface area contributed by atoms with E-state index in [0.717, 1.165) is 25.9 Å². The van der Waals surface area contributed by atoms with Gasteiger partial charge in [0.25, 0.3) is 0 Å². The van der Waals surface area contributed by atoms with Crippen LogP contribution in [0.2, 0.25) is 0 Å². The van der Waals surface area contributed by atoms with Gasteiger partial charge in [0.15, 0.2) is 0 Å². The second kappa shape index (κ2) is 9.17. The van der Waals surface area contributed by atoms with Gasteiger partial charge in [-0.1, -0.05) is 60.7 Å². The average molecular weight is 318 g/mol. The Morgan fingerprint density at radius 1 is 0.583 bits per heavy atom. The number of hydrogen-bond donors (Lipinski definition) is 0. The van der Waals surface area contributed by atoms with Crippen LogP contribution in [0, 0.1) is 0 Å². The summed E-state index contributed by atoms with van der Waals surface area (Å²) in [5.41, 5.74) is 5.53. The largest absolute Gasteiger partial charge is 0.294 e. The first-order valence-corrected chi connectivity index (χ1v) is 9.02. The van der Waals surface area contributed by atoms with Crippen molar-refractivity contribution >= 4 is 11.4 Å². The molecule has 2 aliphatic rings. The molecule has 0 saturated heterocycles. The summed E-state index contributed by atoms with van der Waals surface area (Å²) in [6, 6.07) is 21.1. The monoisotopic (exact) mass is 318 g/mol. The smallest absolute Gasteiger partial charge is 0.0392 e. The topological polar surface area (TPSA) is 24.7 Å². The molecule has 0 saturated carbocycles. The standard InChI is InChI=1S/2C11H13N/c2*1-2-5-10(6-3-1)9-11-7-4-8-12-11/h2*1-3,5-6H,4,7-9H2. The first-order chi connectivity index (χ1) is 11.9. The van der Waals surface area contributed by atoms with E-state index < -0.39 is 0 Å². The van der Waals surface area contributed by atoms with Crippen molar-refractivity contribution in [3.05, 3.63) is 71.8 Å². The second-order valence-corrected chi connectivity index (χ2v) is 6.43. The molecule has 0 radical (unpaired) electrons.